The van der Waals surface area contributed by atoms with Gasteiger partial charge in [-0.2, -0.15) is 15.1 Å². The zero-order chi connectivity index (χ0) is 18.9. The van der Waals surface area contributed by atoms with Crippen LogP contribution in [0.2, 0.25) is 0 Å². The molecule has 0 unspecified atom stereocenters. The summed E-state index contributed by atoms with van der Waals surface area (Å²) in [6.07, 6.45) is 5.19. The van der Waals surface area contributed by atoms with E-state index in [1.54, 1.807) is 12.4 Å². The lowest BCUT2D eigenvalue weighted by Gasteiger charge is -2.27. The van der Waals surface area contributed by atoms with E-state index in [1.165, 1.54) is 0 Å². The molecular weight excluding hydrogens is 365 g/mol. The van der Waals surface area contributed by atoms with E-state index >= 15 is 0 Å². The van der Waals surface area contributed by atoms with Crippen LogP contribution in [-0.2, 0) is 4.74 Å². The highest BCUT2D eigenvalue weighted by Crippen LogP contribution is 2.27. The summed E-state index contributed by atoms with van der Waals surface area (Å²) in [4.78, 5) is 12.0. The lowest BCUT2D eigenvalue weighted by atomic mass is 10.1. The molecule has 0 aliphatic carbocycles. The zero-order valence-corrected chi connectivity index (χ0v) is 15.3. The first-order chi connectivity index (χ1) is 13.8. The third-order valence-electron chi connectivity index (χ3n) is 5.13. The molecule has 0 amide bonds. The van der Waals surface area contributed by atoms with Gasteiger partial charge in [0.05, 0.1) is 29.9 Å². The average molecular weight is 387 g/mol. The molecule has 2 fully saturated rings. The van der Waals surface area contributed by atoms with Crippen LogP contribution in [0.4, 0.5) is 16.0 Å². The minimum absolute atomic E-state index is 0.251. The summed E-state index contributed by atoms with van der Waals surface area (Å²) in [5.41, 5.74) is 1.40. The van der Waals surface area contributed by atoms with Crippen molar-refractivity contribution in [3.63, 3.8) is 0 Å². The molecule has 3 atom stereocenters. The third-order valence-corrected chi connectivity index (χ3v) is 5.13. The maximum atomic E-state index is 14.2. The van der Waals surface area contributed by atoms with Crippen molar-refractivity contribution in [1.29, 1.82) is 0 Å². The quantitative estimate of drug-likeness (QED) is 0.615. The Morgan fingerprint density at radius 2 is 2.29 bits per heavy atom. The lowest BCUT2D eigenvalue weighted by Crippen LogP contribution is -2.45. The van der Waals surface area contributed by atoms with Gasteiger partial charge in [-0.3, -0.25) is 4.68 Å². The maximum absolute atomic E-state index is 14.2. The van der Waals surface area contributed by atoms with Crippen LogP contribution >= 0.6 is 0 Å². The van der Waals surface area contributed by atoms with Crippen molar-refractivity contribution in [3.05, 3.63) is 24.7 Å². The summed E-state index contributed by atoms with van der Waals surface area (Å²) < 4.78 is 27.4. The number of aromatic amines is 1. The molecule has 0 aromatic carbocycles. The fraction of sp³-hybridized carbons (Fsp3) is 0.500. The number of H-pyrrole nitrogens is 1. The van der Waals surface area contributed by atoms with Gasteiger partial charge in [0.15, 0.2) is 0 Å². The number of rotatable bonds is 5. The van der Waals surface area contributed by atoms with Gasteiger partial charge in [0.1, 0.15) is 17.9 Å². The Balaban J connectivity index is 1.39. The van der Waals surface area contributed by atoms with E-state index in [4.69, 9.17) is 9.47 Å². The second-order valence-corrected chi connectivity index (χ2v) is 7.11. The number of aromatic nitrogens is 5. The fourth-order valence-electron chi connectivity index (χ4n) is 3.58. The maximum Gasteiger partial charge on any atom is 0.232 e. The van der Waals surface area contributed by atoms with Crippen molar-refractivity contribution in [2.24, 2.45) is 0 Å². The first-order valence-electron chi connectivity index (χ1n) is 9.52. The van der Waals surface area contributed by atoms with Gasteiger partial charge in [-0.15, -0.1) is 0 Å². The van der Waals surface area contributed by atoms with E-state index in [-0.39, 0.29) is 6.04 Å². The smallest absolute Gasteiger partial charge is 0.232 e. The minimum atomic E-state index is -1.02. The van der Waals surface area contributed by atoms with Crippen LogP contribution < -0.4 is 15.4 Å². The molecule has 0 bridgehead atoms. The summed E-state index contributed by atoms with van der Waals surface area (Å²) in [5, 5.41) is 11.4. The molecule has 2 aliphatic rings. The van der Waals surface area contributed by atoms with Gasteiger partial charge >= 0.3 is 0 Å². The lowest BCUT2D eigenvalue weighted by molar-refractivity contribution is 0.0722. The molecule has 3 aromatic rings. The Morgan fingerprint density at radius 1 is 1.32 bits per heavy atom. The molecule has 5 rings (SSSR count). The first-order valence-corrected chi connectivity index (χ1v) is 9.52. The first kappa shape index (κ1) is 17.4. The van der Waals surface area contributed by atoms with Crippen molar-refractivity contribution < 1.29 is 13.9 Å². The molecule has 3 N–H and O–H groups in total. The Hall–Kier alpha value is -2.72. The second kappa shape index (κ2) is 7.36. The van der Waals surface area contributed by atoms with Gasteiger partial charge in [-0.05, 0) is 25.5 Å². The highest BCUT2D eigenvalue weighted by atomic mass is 19.1. The fourth-order valence-corrected chi connectivity index (χ4v) is 3.58. The Labute approximate surface area is 160 Å². The molecule has 0 spiro atoms. The van der Waals surface area contributed by atoms with E-state index in [0.29, 0.717) is 43.6 Å². The highest BCUT2D eigenvalue weighted by Gasteiger charge is 2.28. The van der Waals surface area contributed by atoms with Crippen molar-refractivity contribution in [2.75, 3.05) is 31.6 Å². The third kappa shape index (κ3) is 3.40. The molecule has 148 valence electrons. The van der Waals surface area contributed by atoms with E-state index in [2.05, 4.69) is 30.7 Å². The summed E-state index contributed by atoms with van der Waals surface area (Å²) in [5.74, 6) is 0.730. The van der Waals surface area contributed by atoms with E-state index in [9.17, 15) is 4.39 Å². The molecule has 5 heterocycles. The largest absolute Gasteiger partial charge is 0.469 e. The number of piperidine rings is 1. The minimum Gasteiger partial charge on any atom is -0.469 e. The standard InChI is InChI=1S/C18H22FN7O2/c19-14-2-4-20-8-15(14)28-17-13-1-5-21-16(13)24-18(25-17)23-11-7-22-26(9-11)12-3-6-27-10-12/h1,5,7,9,12,14-15,20H,2-4,6,8,10H2,(H2,21,23,24,25)/t12-,14-,15+/m1/s1. The number of nitrogens with zero attached hydrogens (tertiary/aromatic N) is 4. The summed E-state index contributed by atoms with van der Waals surface area (Å²) in [7, 11) is 0. The Morgan fingerprint density at radius 3 is 3.14 bits per heavy atom. The number of alkyl halides is 1. The van der Waals surface area contributed by atoms with Gasteiger partial charge in [0.2, 0.25) is 11.8 Å². The van der Waals surface area contributed by atoms with Gasteiger partial charge in [-0.25, -0.2) is 4.39 Å². The molecule has 3 aromatic heterocycles. The van der Waals surface area contributed by atoms with Crippen LogP contribution in [0.1, 0.15) is 18.9 Å². The van der Waals surface area contributed by atoms with Gasteiger partial charge in [-0.1, -0.05) is 0 Å². The SMILES string of the molecule is F[C@@H]1CCNC[C@@H]1Oc1nc(Nc2cnn([C@@H]3CCOC3)c2)nc2[nH]ccc12. The number of anilines is 2. The molecule has 2 aliphatic heterocycles. The monoisotopic (exact) mass is 387 g/mol. The molecule has 9 nitrogen and oxygen atoms in total. The van der Waals surface area contributed by atoms with Gasteiger partial charge < -0.3 is 25.1 Å². The van der Waals surface area contributed by atoms with E-state index < -0.39 is 12.3 Å². The highest BCUT2D eigenvalue weighted by molar-refractivity contribution is 5.82. The number of fused-ring (bicyclic) bond motifs is 1. The van der Waals surface area contributed by atoms with Gasteiger partial charge in [0, 0.05) is 25.5 Å². The predicted octanol–water partition coefficient (Wildman–Crippen LogP) is 1.94. The van der Waals surface area contributed by atoms with Crippen molar-refractivity contribution in [3.8, 4) is 5.88 Å². The summed E-state index contributed by atoms with van der Waals surface area (Å²) in [6, 6.07) is 2.08. The predicted molar refractivity (Wildman–Crippen MR) is 101 cm³/mol. The van der Waals surface area contributed by atoms with Crippen molar-refractivity contribution in [1.82, 2.24) is 30.0 Å². The Kier molecular flexibility index (Phi) is 4.57. The number of hydrogen-bond acceptors (Lipinski definition) is 7. The van der Waals surface area contributed by atoms with Crippen LogP contribution in [-0.4, -0.2) is 63.3 Å². The molecule has 0 radical (unpaired) electrons. The van der Waals surface area contributed by atoms with Gasteiger partial charge in [0.25, 0.3) is 0 Å². The molecule has 28 heavy (non-hydrogen) atoms. The number of halogens is 1. The number of ether oxygens (including phenoxy) is 2. The van der Waals surface area contributed by atoms with Crippen molar-refractivity contribution in [2.45, 2.75) is 31.2 Å². The topological polar surface area (TPSA) is 102 Å². The van der Waals surface area contributed by atoms with Crippen LogP contribution in [0.15, 0.2) is 24.7 Å². The molecule has 10 heteroatoms. The zero-order valence-electron chi connectivity index (χ0n) is 15.3. The van der Waals surface area contributed by atoms with E-state index in [1.807, 2.05) is 16.9 Å². The van der Waals surface area contributed by atoms with E-state index in [0.717, 1.165) is 24.1 Å². The summed E-state index contributed by atoms with van der Waals surface area (Å²) in [6.45, 7) is 2.54. The average Bonchev–Trinajstić information content (AvgIpc) is 3.44. The van der Waals surface area contributed by atoms with Crippen molar-refractivity contribution >= 4 is 22.7 Å². The second-order valence-electron chi connectivity index (χ2n) is 7.11. The van der Waals surface area contributed by atoms with Crippen LogP contribution in [0.25, 0.3) is 11.0 Å². The number of nitrogens with one attached hydrogen (secondary N) is 3. The van der Waals surface area contributed by atoms with Crippen LogP contribution in [0, 0.1) is 0 Å². The Bertz CT molecular complexity index is 952. The molecule has 0 saturated carbocycles. The summed E-state index contributed by atoms with van der Waals surface area (Å²) >= 11 is 0. The number of hydrogen-bond donors (Lipinski definition) is 3. The van der Waals surface area contributed by atoms with Crippen LogP contribution in [0.5, 0.6) is 5.88 Å². The van der Waals surface area contributed by atoms with Crippen LogP contribution in [0.3, 0.4) is 0 Å². The normalized spacial score (nSPS) is 25.2. The molecular formula is C18H22FN7O2. The molecule has 2 saturated heterocycles.